The highest BCUT2D eigenvalue weighted by Crippen LogP contribution is 2.19. The molecule has 2 aromatic carbocycles. The lowest BCUT2D eigenvalue weighted by Gasteiger charge is -2.37. The zero-order valence-electron chi connectivity index (χ0n) is 16.5. The van der Waals surface area contributed by atoms with Gasteiger partial charge in [0.05, 0.1) is 33.3 Å². The van der Waals surface area contributed by atoms with Crippen molar-refractivity contribution in [2.45, 2.75) is 19.9 Å². The molecule has 1 saturated heterocycles. The standard InChI is InChI=1S/C22H29N3O2/c1-4-25(20-8-6-5-7-9-20)22(26)18(2)23-14-16-24(17-15-23)19-10-12-21(27-3)13-11-19/h5-13,18H,4,14-17H2,1-3H3/p+1/t18-/m0/s1. The van der Waals surface area contributed by atoms with Crippen LogP contribution in [0, 0.1) is 0 Å². The number of amides is 1. The van der Waals surface area contributed by atoms with Crippen molar-refractivity contribution < 1.29 is 14.4 Å². The largest absolute Gasteiger partial charge is 0.497 e. The maximum Gasteiger partial charge on any atom is 0.284 e. The van der Waals surface area contributed by atoms with Gasteiger partial charge in [0.2, 0.25) is 0 Å². The fourth-order valence-electron chi connectivity index (χ4n) is 3.76. The molecule has 1 fully saturated rings. The van der Waals surface area contributed by atoms with Crippen LogP contribution in [0.15, 0.2) is 54.6 Å². The molecule has 0 spiro atoms. The minimum Gasteiger partial charge on any atom is -0.497 e. The number of hydrogen-bond donors (Lipinski definition) is 1. The van der Waals surface area contributed by atoms with Crippen molar-refractivity contribution in [1.29, 1.82) is 0 Å². The predicted molar refractivity (Wildman–Crippen MR) is 110 cm³/mol. The van der Waals surface area contributed by atoms with Gasteiger partial charge in [-0.15, -0.1) is 0 Å². The number of hydrogen-bond acceptors (Lipinski definition) is 3. The van der Waals surface area contributed by atoms with Crippen LogP contribution < -0.4 is 19.4 Å². The van der Waals surface area contributed by atoms with E-state index in [2.05, 4.69) is 24.0 Å². The number of quaternary nitrogens is 1. The highest BCUT2D eigenvalue weighted by molar-refractivity contribution is 5.96. The van der Waals surface area contributed by atoms with Gasteiger partial charge in [-0.2, -0.15) is 0 Å². The van der Waals surface area contributed by atoms with Crippen LogP contribution in [-0.2, 0) is 4.79 Å². The Hall–Kier alpha value is -2.53. The van der Waals surface area contributed by atoms with E-state index in [0.29, 0.717) is 6.54 Å². The van der Waals surface area contributed by atoms with Crippen LogP contribution in [-0.4, -0.2) is 51.8 Å². The third kappa shape index (κ3) is 4.42. The molecule has 0 radical (unpaired) electrons. The van der Waals surface area contributed by atoms with E-state index in [1.165, 1.54) is 10.6 Å². The zero-order valence-corrected chi connectivity index (χ0v) is 16.5. The van der Waals surface area contributed by atoms with E-state index in [4.69, 9.17) is 4.74 Å². The number of benzene rings is 2. The second-order valence-electron chi connectivity index (χ2n) is 6.98. The molecule has 0 saturated carbocycles. The molecular weight excluding hydrogens is 338 g/mol. The van der Waals surface area contributed by atoms with Gasteiger partial charge < -0.3 is 19.4 Å². The number of piperazine rings is 1. The second-order valence-corrected chi connectivity index (χ2v) is 6.98. The molecule has 0 unspecified atom stereocenters. The van der Waals surface area contributed by atoms with Crippen LogP contribution in [0.5, 0.6) is 5.75 Å². The summed E-state index contributed by atoms with van der Waals surface area (Å²) in [6, 6.07) is 18.1. The fraction of sp³-hybridized carbons (Fsp3) is 0.409. The minimum absolute atomic E-state index is 0.0387. The number of likely N-dealkylation sites (N-methyl/N-ethyl adjacent to an activating group) is 1. The molecule has 5 heteroatoms. The Balaban J connectivity index is 1.60. The van der Waals surface area contributed by atoms with E-state index in [9.17, 15) is 4.79 Å². The summed E-state index contributed by atoms with van der Waals surface area (Å²) >= 11 is 0. The van der Waals surface area contributed by atoms with Crippen LogP contribution >= 0.6 is 0 Å². The molecule has 144 valence electrons. The number of carbonyl (C=O) groups excluding carboxylic acids is 1. The minimum atomic E-state index is -0.0387. The molecule has 3 rings (SSSR count). The number of carbonyl (C=O) groups is 1. The van der Waals surface area contributed by atoms with Crippen LogP contribution in [0.2, 0.25) is 0 Å². The topological polar surface area (TPSA) is 37.2 Å². The first-order valence-corrected chi connectivity index (χ1v) is 9.74. The van der Waals surface area contributed by atoms with Crippen molar-refractivity contribution in [3.05, 3.63) is 54.6 Å². The number of para-hydroxylation sites is 1. The molecule has 0 aromatic heterocycles. The van der Waals surface area contributed by atoms with Gasteiger partial charge in [0.25, 0.3) is 5.91 Å². The van der Waals surface area contributed by atoms with E-state index < -0.39 is 0 Å². The smallest absolute Gasteiger partial charge is 0.284 e. The van der Waals surface area contributed by atoms with Crippen molar-refractivity contribution >= 4 is 17.3 Å². The summed E-state index contributed by atoms with van der Waals surface area (Å²) in [5, 5.41) is 0. The van der Waals surface area contributed by atoms with Gasteiger partial charge in [0.15, 0.2) is 6.04 Å². The maximum absolute atomic E-state index is 13.1. The summed E-state index contributed by atoms with van der Waals surface area (Å²) in [5.74, 6) is 1.08. The van der Waals surface area contributed by atoms with Gasteiger partial charge in [0, 0.05) is 17.9 Å². The highest BCUT2D eigenvalue weighted by Gasteiger charge is 2.32. The average Bonchev–Trinajstić information content (AvgIpc) is 2.74. The fourth-order valence-corrected chi connectivity index (χ4v) is 3.76. The number of rotatable bonds is 6. The number of nitrogens with zero attached hydrogens (tertiary/aromatic N) is 2. The van der Waals surface area contributed by atoms with Gasteiger partial charge in [-0.3, -0.25) is 4.79 Å². The molecule has 1 N–H and O–H groups in total. The van der Waals surface area contributed by atoms with E-state index in [0.717, 1.165) is 37.6 Å². The van der Waals surface area contributed by atoms with Crippen LogP contribution in [0.4, 0.5) is 11.4 Å². The van der Waals surface area contributed by atoms with Gasteiger partial charge >= 0.3 is 0 Å². The van der Waals surface area contributed by atoms with Crippen molar-refractivity contribution in [2.75, 3.05) is 49.6 Å². The molecule has 1 atom stereocenters. The number of nitrogens with one attached hydrogen (secondary N) is 1. The average molecular weight is 369 g/mol. The molecule has 1 amide bonds. The number of methoxy groups -OCH3 is 1. The first-order chi connectivity index (χ1) is 13.1. The molecule has 1 aliphatic heterocycles. The quantitative estimate of drug-likeness (QED) is 0.845. The molecule has 1 aliphatic rings. The molecule has 1 heterocycles. The Kier molecular flexibility index (Phi) is 6.35. The third-order valence-electron chi connectivity index (χ3n) is 5.48. The van der Waals surface area contributed by atoms with Crippen molar-refractivity contribution in [3.8, 4) is 5.75 Å². The summed E-state index contributed by atoms with van der Waals surface area (Å²) in [6.07, 6.45) is 0. The maximum atomic E-state index is 13.1. The molecule has 0 bridgehead atoms. The molecule has 2 aromatic rings. The predicted octanol–water partition coefficient (Wildman–Crippen LogP) is 1.84. The monoisotopic (exact) mass is 368 g/mol. The summed E-state index contributed by atoms with van der Waals surface area (Å²) in [4.78, 5) is 18.7. The molecule has 0 aliphatic carbocycles. The zero-order chi connectivity index (χ0) is 19.2. The van der Waals surface area contributed by atoms with E-state index in [1.54, 1.807) is 7.11 Å². The Labute approximate surface area is 162 Å². The number of anilines is 2. The van der Waals surface area contributed by atoms with Gasteiger partial charge in [0.1, 0.15) is 5.75 Å². The summed E-state index contributed by atoms with van der Waals surface area (Å²) < 4.78 is 5.24. The van der Waals surface area contributed by atoms with Crippen molar-refractivity contribution in [2.24, 2.45) is 0 Å². The Morgan fingerprint density at radius 2 is 1.74 bits per heavy atom. The van der Waals surface area contributed by atoms with Crippen molar-refractivity contribution in [3.63, 3.8) is 0 Å². The van der Waals surface area contributed by atoms with Crippen LogP contribution in [0.3, 0.4) is 0 Å². The summed E-state index contributed by atoms with van der Waals surface area (Å²) in [5.41, 5.74) is 2.20. The van der Waals surface area contributed by atoms with Crippen molar-refractivity contribution in [1.82, 2.24) is 0 Å². The summed E-state index contributed by atoms with van der Waals surface area (Å²) in [7, 11) is 1.69. The highest BCUT2D eigenvalue weighted by atomic mass is 16.5. The SMILES string of the molecule is CCN(C(=O)[C@H](C)[NH+]1CCN(c2ccc(OC)cc2)CC1)c1ccccc1. The Morgan fingerprint density at radius 1 is 1.11 bits per heavy atom. The Morgan fingerprint density at radius 3 is 2.30 bits per heavy atom. The molecule has 5 nitrogen and oxygen atoms in total. The molecular formula is C22H30N3O2+. The second kappa shape index (κ2) is 8.91. The van der Waals surface area contributed by atoms with Gasteiger partial charge in [-0.1, -0.05) is 18.2 Å². The first kappa shape index (κ1) is 19.2. The third-order valence-corrected chi connectivity index (χ3v) is 5.48. The lowest BCUT2D eigenvalue weighted by Crippen LogP contribution is -3.19. The van der Waals surface area contributed by atoms with E-state index in [1.807, 2.05) is 54.3 Å². The lowest BCUT2D eigenvalue weighted by molar-refractivity contribution is -0.914. The van der Waals surface area contributed by atoms with Gasteiger partial charge in [-0.25, -0.2) is 0 Å². The Bertz CT molecular complexity index is 725. The first-order valence-electron chi connectivity index (χ1n) is 9.74. The van der Waals surface area contributed by atoms with E-state index >= 15 is 0 Å². The van der Waals surface area contributed by atoms with Crippen LogP contribution in [0.25, 0.3) is 0 Å². The summed E-state index contributed by atoms with van der Waals surface area (Å²) in [6.45, 7) is 8.63. The molecule has 27 heavy (non-hydrogen) atoms. The lowest BCUT2D eigenvalue weighted by atomic mass is 10.1. The van der Waals surface area contributed by atoms with Gasteiger partial charge in [-0.05, 0) is 50.2 Å². The number of ether oxygens (including phenoxy) is 1. The van der Waals surface area contributed by atoms with E-state index in [-0.39, 0.29) is 11.9 Å². The normalized spacial score (nSPS) is 16.0. The van der Waals surface area contributed by atoms with Crippen LogP contribution in [0.1, 0.15) is 13.8 Å².